The van der Waals surface area contributed by atoms with Crippen LogP contribution in [-0.2, 0) is 13.5 Å². The third-order valence-electron chi connectivity index (χ3n) is 3.82. The summed E-state index contributed by atoms with van der Waals surface area (Å²) in [5, 5.41) is 7.86. The smallest absolute Gasteiger partial charge is 0.0492 e. The summed E-state index contributed by atoms with van der Waals surface area (Å²) < 4.78 is 1.99. The van der Waals surface area contributed by atoms with Crippen molar-refractivity contribution in [1.29, 1.82) is 0 Å². The summed E-state index contributed by atoms with van der Waals surface area (Å²) in [5.41, 5.74) is 1.34. The van der Waals surface area contributed by atoms with E-state index >= 15 is 0 Å². The Balaban J connectivity index is 2.22. The van der Waals surface area contributed by atoms with Gasteiger partial charge >= 0.3 is 0 Å². The van der Waals surface area contributed by atoms with E-state index in [2.05, 4.69) is 30.3 Å². The SMILES string of the molecule is CCCCCCCC(CCc1ccnn1C)NCC. The highest BCUT2D eigenvalue weighted by Gasteiger charge is 2.08. The molecule has 0 fully saturated rings. The van der Waals surface area contributed by atoms with E-state index in [-0.39, 0.29) is 0 Å². The zero-order valence-corrected chi connectivity index (χ0v) is 13.0. The molecule has 1 atom stereocenters. The average molecular weight is 265 g/mol. The van der Waals surface area contributed by atoms with Crippen LogP contribution in [0.2, 0.25) is 0 Å². The Kier molecular flexibility index (Phi) is 8.55. The summed E-state index contributed by atoms with van der Waals surface area (Å²) in [6.45, 7) is 5.55. The Morgan fingerprint density at radius 3 is 2.58 bits per heavy atom. The Morgan fingerprint density at radius 2 is 1.95 bits per heavy atom. The van der Waals surface area contributed by atoms with Gasteiger partial charge in [0.05, 0.1) is 0 Å². The summed E-state index contributed by atoms with van der Waals surface area (Å²) in [5.74, 6) is 0. The Labute approximate surface area is 118 Å². The van der Waals surface area contributed by atoms with E-state index in [1.807, 2.05) is 17.9 Å². The van der Waals surface area contributed by atoms with Crippen LogP contribution in [0.25, 0.3) is 0 Å². The first-order chi connectivity index (χ1) is 9.27. The molecule has 1 rings (SSSR count). The molecule has 1 aromatic rings. The van der Waals surface area contributed by atoms with Gasteiger partial charge in [0.2, 0.25) is 0 Å². The maximum absolute atomic E-state index is 4.23. The van der Waals surface area contributed by atoms with E-state index < -0.39 is 0 Å². The van der Waals surface area contributed by atoms with Gasteiger partial charge in [-0.05, 0) is 31.9 Å². The number of unbranched alkanes of at least 4 members (excludes halogenated alkanes) is 4. The molecule has 110 valence electrons. The van der Waals surface area contributed by atoms with E-state index in [9.17, 15) is 0 Å². The van der Waals surface area contributed by atoms with Crippen LogP contribution in [0, 0.1) is 0 Å². The quantitative estimate of drug-likeness (QED) is 0.618. The largest absolute Gasteiger partial charge is 0.314 e. The third kappa shape index (κ3) is 6.76. The molecule has 0 aliphatic heterocycles. The van der Waals surface area contributed by atoms with Crippen LogP contribution in [0.5, 0.6) is 0 Å². The van der Waals surface area contributed by atoms with Crippen LogP contribution in [0.15, 0.2) is 12.3 Å². The van der Waals surface area contributed by atoms with Crippen molar-refractivity contribution in [1.82, 2.24) is 15.1 Å². The molecule has 0 saturated carbocycles. The molecule has 0 aliphatic rings. The van der Waals surface area contributed by atoms with Crippen LogP contribution in [0.1, 0.15) is 64.5 Å². The fourth-order valence-corrected chi connectivity index (χ4v) is 2.60. The van der Waals surface area contributed by atoms with Gasteiger partial charge in [-0.1, -0.05) is 46.0 Å². The van der Waals surface area contributed by atoms with Crippen molar-refractivity contribution in [3.05, 3.63) is 18.0 Å². The van der Waals surface area contributed by atoms with Gasteiger partial charge in [0.1, 0.15) is 0 Å². The van der Waals surface area contributed by atoms with E-state index in [4.69, 9.17) is 0 Å². The molecule has 3 nitrogen and oxygen atoms in total. The summed E-state index contributed by atoms with van der Waals surface area (Å²) in [7, 11) is 2.03. The Bertz CT molecular complexity index is 320. The first kappa shape index (κ1) is 16.2. The highest BCUT2D eigenvalue weighted by Crippen LogP contribution is 2.12. The molecule has 0 radical (unpaired) electrons. The van der Waals surface area contributed by atoms with Crippen LogP contribution < -0.4 is 5.32 Å². The molecule has 1 unspecified atom stereocenters. The first-order valence-electron chi connectivity index (χ1n) is 7.98. The summed E-state index contributed by atoms with van der Waals surface area (Å²) in [4.78, 5) is 0. The highest BCUT2D eigenvalue weighted by atomic mass is 15.2. The second-order valence-corrected chi connectivity index (χ2v) is 5.44. The Hall–Kier alpha value is -0.830. The van der Waals surface area contributed by atoms with Crippen molar-refractivity contribution >= 4 is 0 Å². The molecular formula is C16H31N3. The monoisotopic (exact) mass is 265 g/mol. The molecule has 0 bridgehead atoms. The standard InChI is InChI=1S/C16H31N3/c1-4-6-7-8-9-10-15(17-5-2)11-12-16-13-14-18-19(16)3/h13-15,17H,4-12H2,1-3H3. The van der Waals surface area contributed by atoms with Crippen molar-refractivity contribution in [2.45, 2.75) is 71.3 Å². The summed E-state index contributed by atoms with van der Waals surface area (Å²) in [6, 6.07) is 2.80. The second-order valence-electron chi connectivity index (χ2n) is 5.44. The maximum Gasteiger partial charge on any atom is 0.0492 e. The predicted octanol–water partition coefficient (Wildman–Crippen LogP) is 3.69. The number of aromatic nitrogens is 2. The lowest BCUT2D eigenvalue weighted by molar-refractivity contribution is 0.435. The maximum atomic E-state index is 4.23. The van der Waals surface area contributed by atoms with Crippen molar-refractivity contribution in [3.63, 3.8) is 0 Å². The lowest BCUT2D eigenvalue weighted by atomic mass is 10.0. The van der Waals surface area contributed by atoms with Gasteiger partial charge in [0.15, 0.2) is 0 Å². The number of nitrogens with one attached hydrogen (secondary N) is 1. The summed E-state index contributed by atoms with van der Waals surface area (Å²) >= 11 is 0. The third-order valence-corrected chi connectivity index (χ3v) is 3.82. The van der Waals surface area contributed by atoms with Gasteiger partial charge in [-0.25, -0.2) is 0 Å². The van der Waals surface area contributed by atoms with Crippen LogP contribution in [-0.4, -0.2) is 22.4 Å². The van der Waals surface area contributed by atoms with E-state index in [1.165, 1.54) is 50.6 Å². The minimum absolute atomic E-state index is 0.668. The first-order valence-corrected chi connectivity index (χ1v) is 7.98. The number of hydrogen-bond acceptors (Lipinski definition) is 2. The molecule has 3 heteroatoms. The molecule has 19 heavy (non-hydrogen) atoms. The van der Waals surface area contributed by atoms with Crippen LogP contribution in [0.3, 0.4) is 0 Å². The van der Waals surface area contributed by atoms with Crippen molar-refractivity contribution in [2.75, 3.05) is 6.54 Å². The predicted molar refractivity (Wildman–Crippen MR) is 82.4 cm³/mol. The number of aryl methyl sites for hydroxylation is 2. The van der Waals surface area contributed by atoms with Gasteiger partial charge in [0, 0.05) is 25.0 Å². The molecule has 0 spiro atoms. The fourth-order valence-electron chi connectivity index (χ4n) is 2.60. The Morgan fingerprint density at radius 1 is 1.16 bits per heavy atom. The fraction of sp³-hybridized carbons (Fsp3) is 0.812. The lowest BCUT2D eigenvalue weighted by Gasteiger charge is -2.17. The van der Waals surface area contributed by atoms with Gasteiger partial charge in [-0.2, -0.15) is 5.10 Å². The zero-order valence-electron chi connectivity index (χ0n) is 13.0. The van der Waals surface area contributed by atoms with E-state index in [1.54, 1.807) is 0 Å². The van der Waals surface area contributed by atoms with E-state index in [0.29, 0.717) is 6.04 Å². The topological polar surface area (TPSA) is 29.9 Å². The molecule has 1 aromatic heterocycles. The highest BCUT2D eigenvalue weighted by molar-refractivity contribution is 5.00. The zero-order chi connectivity index (χ0) is 13.9. The number of rotatable bonds is 11. The van der Waals surface area contributed by atoms with Crippen molar-refractivity contribution in [2.24, 2.45) is 7.05 Å². The number of hydrogen-bond donors (Lipinski definition) is 1. The van der Waals surface area contributed by atoms with Crippen LogP contribution in [0.4, 0.5) is 0 Å². The van der Waals surface area contributed by atoms with Gasteiger partial charge in [0.25, 0.3) is 0 Å². The minimum atomic E-state index is 0.668. The molecule has 1 heterocycles. The molecule has 0 saturated heterocycles. The summed E-state index contributed by atoms with van der Waals surface area (Å²) in [6.07, 6.45) is 12.4. The molecular weight excluding hydrogens is 234 g/mol. The van der Waals surface area contributed by atoms with Gasteiger partial charge in [-0.3, -0.25) is 4.68 Å². The minimum Gasteiger partial charge on any atom is -0.314 e. The van der Waals surface area contributed by atoms with Crippen molar-refractivity contribution < 1.29 is 0 Å². The average Bonchev–Trinajstić information content (AvgIpc) is 2.81. The van der Waals surface area contributed by atoms with Gasteiger partial charge < -0.3 is 5.32 Å². The van der Waals surface area contributed by atoms with Crippen LogP contribution >= 0.6 is 0 Å². The van der Waals surface area contributed by atoms with Crippen molar-refractivity contribution in [3.8, 4) is 0 Å². The lowest BCUT2D eigenvalue weighted by Crippen LogP contribution is -2.29. The van der Waals surface area contributed by atoms with Gasteiger partial charge in [-0.15, -0.1) is 0 Å². The molecule has 0 amide bonds. The number of nitrogens with zero attached hydrogens (tertiary/aromatic N) is 2. The van der Waals surface area contributed by atoms with E-state index in [0.717, 1.165) is 13.0 Å². The normalized spacial score (nSPS) is 12.8. The molecule has 0 aromatic carbocycles. The molecule has 1 N–H and O–H groups in total. The molecule has 0 aliphatic carbocycles. The second kappa shape index (κ2) is 10.0.